The number of hydrogen-bond donors (Lipinski definition) is 3. The predicted molar refractivity (Wildman–Crippen MR) is 89.0 cm³/mol. The van der Waals surface area contributed by atoms with Gasteiger partial charge in [-0.25, -0.2) is 0 Å². The molecule has 1 aliphatic rings. The third-order valence-corrected chi connectivity index (χ3v) is 4.48. The van der Waals surface area contributed by atoms with Gasteiger partial charge in [0.25, 0.3) is 5.91 Å². The molecule has 1 aliphatic heterocycles. The summed E-state index contributed by atoms with van der Waals surface area (Å²) in [6.07, 6.45) is 0. The highest BCUT2D eigenvalue weighted by molar-refractivity contribution is 14.1. The van der Waals surface area contributed by atoms with Crippen molar-refractivity contribution >= 4 is 28.5 Å². The largest absolute Gasteiger partial charge is 0.507 e. The Bertz CT molecular complexity index is 701. The molecule has 1 amide bonds. The van der Waals surface area contributed by atoms with E-state index in [1.165, 1.54) is 17.2 Å². The zero-order chi connectivity index (χ0) is 14.8. The standard InChI is InChI=1S/C16H15IN2O2/c17-14-4-3-11(6-15(14)20)16(21)19-7-10-1-2-12-8-18-9-13(12)5-10/h1-6,18,20H,7-9H2,(H,19,21). The predicted octanol–water partition coefficient (Wildman–Crippen LogP) is 2.53. The van der Waals surface area contributed by atoms with Crippen LogP contribution in [0.15, 0.2) is 36.4 Å². The van der Waals surface area contributed by atoms with Crippen LogP contribution in [0.4, 0.5) is 0 Å². The molecule has 2 aromatic rings. The van der Waals surface area contributed by atoms with Crippen molar-refractivity contribution in [1.82, 2.24) is 10.6 Å². The Kier molecular flexibility index (Phi) is 4.12. The van der Waals surface area contributed by atoms with Gasteiger partial charge in [-0.3, -0.25) is 4.79 Å². The number of carbonyl (C=O) groups excluding carboxylic acids is 1. The molecule has 108 valence electrons. The molecule has 0 atom stereocenters. The highest BCUT2D eigenvalue weighted by atomic mass is 127. The molecular weight excluding hydrogens is 379 g/mol. The van der Waals surface area contributed by atoms with E-state index in [-0.39, 0.29) is 11.7 Å². The van der Waals surface area contributed by atoms with Gasteiger partial charge in [-0.2, -0.15) is 0 Å². The number of phenolic OH excluding ortho intramolecular Hbond substituents is 1. The summed E-state index contributed by atoms with van der Waals surface area (Å²) in [6.45, 7) is 2.30. The van der Waals surface area contributed by atoms with Crippen LogP contribution in [-0.4, -0.2) is 11.0 Å². The smallest absolute Gasteiger partial charge is 0.251 e. The second-order valence-corrected chi connectivity index (χ2v) is 6.22. The van der Waals surface area contributed by atoms with Gasteiger partial charge >= 0.3 is 0 Å². The first-order chi connectivity index (χ1) is 10.1. The number of phenols is 1. The maximum Gasteiger partial charge on any atom is 0.251 e. The van der Waals surface area contributed by atoms with Crippen molar-refractivity contribution in [1.29, 1.82) is 0 Å². The van der Waals surface area contributed by atoms with Crippen molar-refractivity contribution in [2.75, 3.05) is 0 Å². The summed E-state index contributed by atoms with van der Waals surface area (Å²) < 4.78 is 0.732. The van der Waals surface area contributed by atoms with E-state index >= 15 is 0 Å². The zero-order valence-electron chi connectivity index (χ0n) is 11.3. The Balaban J connectivity index is 1.67. The first-order valence-electron chi connectivity index (χ1n) is 6.71. The Labute approximate surface area is 136 Å². The maximum absolute atomic E-state index is 12.1. The van der Waals surface area contributed by atoms with Crippen molar-refractivity contribution in [2.45, 2.75) is 19.6 Å². The molecule has 4 nitrogen and oxygen atoms in total. The van der Waals surface area contributed by atoms with Crippen molar-refractivity contribution < 1.29 is 9.90 Å². The van der Waals surface area contributed by atoms with Crippen molar-refractivity contribution in [2.24, 2.45) is 0 Å². The number of amides is 1. The first-order valence-corrected chi connectivity index (χ1v) is 7.79. The van der Waals surface area contributed by atoms with Gasteiger partial charge in [-0.1, -0.05) is 18.2 Å². The van der Waals surface area contributed by atoms with Crippen LogP contribution in [0.25, 0.3) is 0 Å². The second-order valence-electron chi connectivity index (χ2n) is 5.06. The fraction of sp³-hybridized carbons (Fsp3) is 0.188. The minimum atomic E-state index is -0.180. The van der Waals surface area contributed by atoms with E-state index in [0.29, 0.717) is 12.1 Å². The average molecular weight is 394 g/mol. The molecule has 21 heavy (non-hydrogen) atoms. The van der Waals surface area contributed by atoms with E-state index < -0.39 is 0 Å². The molecule has 0 unspecified atom stereocenters. The maximum atomic E-state index is 12.1. The van der Waals surface area contributed by atoms with E-state index in [2.05, 4.69) is 22.8 Å². The Hall–Kier alpha value is -1.60. The SMILES string of the molecule is O=C(NCc1ccc2c(c1)CNC2)c1ccc(I)c(O)c1. The van der Waals surface area contributed by atoms with E-state index in [1.807, 2.05) is 28.7 Å². The van der Waals surface area contributed by atoms with Gasteiger partial charge in [0.1, 0.15) is 5.75 Å². The van der Waals surface area contributed by atoms with Gasteiger partial charge in [0.05, 0.1) is 3.57 Å². The van der Waals surface area contributed by atoms with Crippen molar-refractivity contribution in [3.8, 4) is 5.75 Å². The van der Waals surface area contributed by atoms with Crippen LogP contribution in [-0.2, 0) is 19.6 Å². The summed E-state index contributed by atoms with van der Waals surface area (Å²) in [7, 11) is 0. The molecule has 0 saturated heterocycles. The average Bonchev–Trinajstić information content (AvgIpc) is 2.95. The molecule has 3 N–H and O–H groups in total. The summed E-state index contributed by atoms with van der Waals surface area (Å²) in [4.78, 5) is 12.1. The molecule has 0 saturated carbocycles. The van der Waals surface area contributed by atoms with Crippen LogP contribution in [0.2, 0.25) is 0 Å². The molecule has 0 bridgehead atoms. The van der Waals surface area contributed by atoms with Gasteiger partial charge in [-0.05, 0) is 57.5 Å². The summed E-state index contributed by atoms with van der Waals surface area (Å²) in [5, 5.41) is 15.8. The summed E-state index contributed by atoms with van der Waals surface area (Å²) in [5.74, 6) is -0.0489. The number of benzene rings is 2. The molecule has 3 rings (SSSR count). The van der Waals surface area contributed by atoms with Gasteiger partial charge < -0.3 is 15.7 Å². The lowest BCUT2D eigenvalue weighted by molar-refractivity contribution is 0.0950. The fourth-order valence-corrected chi connectivity index (χ4v) is 2.73. The van der Waals surface area contributed by atoms with Crippen LogP contribution in [0.3, 0.4) is 0 Å². The number of fused-ring (bicyclic) bond motifs is 1. The number of aromatic hydroxyl groups is 1. The summed E-state index contributed by atoms with van der Waals surface area (Å²) >= 11 is 2.02. The van der Waals surface area contributed by atoms with E-state index in [0.717, 1.165) is 22.2 Å². The fourth-order valence-electron chi connectivity index (χ4n) is 2.40. The number of halogens is 1. The Morgan fingerprint density at radius 3 is 2.81 bits per heavy atom. The van der Waals surface area contributed by atoms with Gasteiger partial charge in [0, 0.05) is 25.2 Å². The van der Waals surface area contributed by atoms with E-state index in [9.17, 15) is 9.90 Å². The molecule has 5 heteroatoms. The molecule has 0 aliphatic carbocycles. The molecule has 0 fully saturated rings. The number of hydrogen-bond acceptors (Lipinski definition) is 3. The van der Waals surface area contributed by atoms with Crippen LogP contribution in [0.5, 0.6) is 5.75 Å². The molecule has 1 heterocycles. The lowest BCUT2D eigenvalue weighted by atomic mass is 10.1. The molecular formula is C16H15IN2O2. The van der Waals surface area contributed by atoms with Crippen molar-refractivity contribution in [3.63, 3.8) is 0 Å². The van der Waals surface area contributed by atoms with E-state index in [4.69, 9.17) is 0 Å². The van der Waals surface area contributed by atoms with Crippen LogP contribution < -0.4 is 10.6 Å². The van der Waals surface area contributed by atoms with Crippen LogP contribution in [0, 0.1) is 3.57 Å². The lowest BCUT2D eigenvalue weighted by Gasteiger charge is -2.08. The first kappa shape index (κ1) is 14.3. The molecule has 2 aromatic carbocycles. The second kappa shape index (κ2) is 6.03. The monoisotopic (exact) mass is 394 g/mol. The number of carbonyl (C=O) groups is 1. The quantitative estimate of drug-likeness (QED) is 0.702. The summed E-state index contributed by atoms with van der Waals surface area (Å²) in [6, 6.07) is 11.2. The summed E-state index contributed by atoms with van der Waals surface area (Å²) in [5.41, 5.74) is 4.18. The van der Waals surface area contributed by atoms with Gasteiger partial charge in [0.2, 0.25) is 0 Å². The van der Waals surface area contributed by atoms with Crippen LogP contribution >= 0.6 is 22.6 Å². The number of rotatable bonds is 3. The Morgan fingerprint density at radius 2 is 2.00 bits per heavy atom. The van der Waals surface area contributed by atoms with Crippen LogP contribution in [0.1, 0.15) is 27.0 Å². The van der Waals surface area contributed by atoms with Gasteiger partial charge in [-0.15, -0.1) is 0 Å². The Morgan fingerprint density at radius 1 is 1.19 bits per heavy atom. The topological polar surface area (TPSA) is 61.4 Å². The number of nitrogens with one attached hydrogen (secondary N) is 2. The molecule has 0 aromatic heterocycles. The zero-order valence-corrected chi connectivity index (χ0v) is 13.5. The minimum Gasteiger partial charge on any atom is -0.507 e. The lowest BCUT2D eigenvalue weighted by Crippen LogP contribution is -2.22. The molecule has 0 radical (unpaired) electrons. The van der Waals surface area contributed by atoms with Gasteiger partial charge in [0.15, 0.2) is 0 Å². The highest BCUT2D eigenvalue weighted by Crippen LogP contribution is 2.20. The third kappa shape index (κ3) is 3.19. The normalized spacial score (nSPS) is 13.0. The molecule has 0 spiro atoms. The highest BCUT2D eigenvalue weighted by Gasteiger charge is 2.11. The third-order valence-electron chi connectivity index (χ3n) is 3.56. The van der Waals surface area contributed by atoms with Crippen molar-refractivity contribution in [3.05, 3.63) is 62.2 Å². The minimum absolute atomic E-state index is 0.131. The van der Waals surface area contributed by atoms with E-state index in [1.54, 1.807) is 12.1 Å².